The van der Waals surface area contributed by atoms with Gasteiger partial charge in [0, 0.05) is 18.6 Å². The molecule has 0 aromatic heterocycles. The van der Waals surface area contributed by atoms with Crippen molar-refractivity contribution in [2.24, 2.45) is 11.7 Å². The average Bonchev–Trinajstić information content (AvgIpc) is 2.45. The SMILES string of the molecule is CCC(C)CN(C)C(C)C(N)c1ccc(OC)cc1. The zero-order chi connectivity index (χ0) is 14.4. The van der Waals surface area contributed by atoms with E-state index in [9.17, 15) is 0 Å². The summed E-state index contributed by atoms with van der Waals surface area (Å²) in [4.78, 5) is 2.35. The molecule has 0 fully saturated rings. The fourth-order valence-corrected chi connectivity index (χ4v) is 2.17. The van der Waals surface area contributed by atoms with E-state index in [2.05, 4.69) is 44.9 Å². The maximum absolute atomic E-state index is 6.37. The molecule has 0 radical (unpaired) electrons. The molecule has 19 heavy (non-hydrogen) atoms. The molecule has 3 heteroatoms. The molecule has 0 aliphatic carbocycles. The third kappa shape index (κ3) is 4.51. The summed E-state index contributed by atoms with van der Waals surface area (Å²) in [6.45, 7) is 7.79. The van der Waals surface area contributed by atoms with Crippen LogP contribution in [0.25, 0.3) is 0 Å². The Morgan fingerprint density at radius 2 is 1.79 bits per heavy atom. The van der Waals surface area contributed by atoms with Crippen molar-refractivity contribution in [1.29, 1.82) is 0 Å². The third-order valence-corrected chi connectivity index (χ3v) is 4.01. The molecule has 2 N–H and O–H groups in total. The van der Waals surface area contributed by atoms with Crippen molar-refractivity contribution in [2.75, 3.05) is 20.7 Å². The second kappa shape index (κ2) is 7.51. The minimum atomic E-state index is 0.0277. The first-order chi connectivity index (χ1) is 8.99. The molecule has 3 atom stereocenters. The predicted octanol–water partition coefficient (Wildman–Crippen LogP) is 3.06. The number of likely N-dealkylation sites (N-methyl/N-ethyl adjacent to an activating group) is 1. The van der Waals surface area contributed by atoms with E-state index < -0.39 is 0 Å². The summed E-state index contributed by atoms with van der Waals surface area (Å²) in [5.74, 6) is 1.58. The van der Waals surface area contributed by atoms with Crippen LogP contribution in [0.15, 0.2) is 24.3 Å². The molecule has 1 aromatic carbocycles. The van der Waals surface area contributed by atoms with Gasteiger partial charge < -0.3 is 15.4 Å². The minimum Gasteiger partial charge on any atom is -0.497 e. The van der Waals surface area contributed by atoms with Gasteiger partial charge in [0.1, 0.15) is 5.75 Å². The van der Waals surface area contributed by atoms with Crippen LogP contribution in [0.4, 0.5) is 0 Å². The number of nitrogens with two attached hydrogens (primary N) is 1. The van der Waals surface area contributed by atoms with Gasteiger partial charge in [-0.25, -0.2) is 0 Å². The van der Waals surface area contributed by atoms with Crippen molar-refractivity contribution in [3.63, 3.8) is 0 Å². The number of hydrogen-bond acceptors (Lipinski definition) is 3. The van der Waals surface area contributed by atoms with Gasteiger partial charge in [-0.1, -0.05) is 32.4 Å². The molecule has 0 aliphatic rings. The van der Waals surface area contributed by atoms with E-state index in [1.807, 2.05) is 12.1 Å². The Bertz CT molecular complexity index is 364. The number of ether oxygens (including phenoxy) is 1. The Morgan fingerprint density at radius 3 is 2.26 bits per heavy atom. The lowest BCUT2D eigenvalue weighted by molar-refractivity contribution is 0.197. The number of rotatable bonds is 7. The van der Waals surface area contributed by atoms with Crippen molar-refractivity contribution < 1.29 is 4.74 Å². The molecule has 108 valence electrons. The molecular weight excluding hydrogens is 236 g/mol. The van der Waals surface area contributed by atoms with Gasteiger partial charge in [0.05, 0.1) is 7.11 Å². The van der Waals surface area contributed by atoms with E-state index in [0.717, 1.165) is 17.9 Å². The summed E-state index contributed by atoms with van der Waals surface area (Å²) in [6, 6.07) is 8.39. The van der Waals surface area contributed by atoms with Crippen LogP contribution in [0, 0.1) is 5.92 Å². The lowest BCUT2D eigenvalue weighted by Crippen LogP contribution is -2.40. The van der Waals surface area contributed by atoms with E-state index in [0.29, 0.717) is 12.0 Å². The Kier molecular flexibility index (Phi) is 6.32. The van der Waals surface area contributed by atoms with Crippen molar-refractivity contribution in [1.82, 2.24) is 4.90 Å². The monoisotopic (exact) mass is 264 g/mol. The minimum absolute atomic E-state index is 0.0277. The first-order valence-corrected chi connectivity index (χ1v) is 7.09. The van der Waals surface area contributed by atoms with Gasteiger partial charge in [-0.2, -0.15) is 0 Å². The van der Waals surface area contributed by atoms with E-state index >= 15 is 0 Å². The van der Waals surface area contributed by atoms with Gasteiger partial charge in [0.25, 0.3) is 0 Å². The first-order valence-electron chi connectivity index (χ1n) is 7.09. The van der Waals surface area contributed by atoms with Crippen LogP contribution in [-0.4, -0.2) is 31.6 Å². The predicted molar refractivity (Wildman–Crippen MR) is 81.5 cm³/mol. The summed E-state index contributed by atoms with van der Waals surface area (Å²) >= 11 is 0. The van der Waals surface area contributed by atoms with Crippen LogP contribution < -0.4 is 10.5 Å². The van der Waals surface area contributed by atoms with Crippen LogP contribution in [0.5, 0.6) is 5.75 Å². The van der Waals surface area contributed by atoms with Crippen LogP contribution >= 0.6 is 0 Å². The molecule has 1 rings (SSSR count). The highest BCUT2D eigenvalue weighted by atomic mass is 16.5. The Balaban J connectivity index is 2.66. The molecule has 0 saturated heterocycles. The van der Waals surface area contributed by atoms with Crippen LogP contribution in [0.2, 0.25) is 0 Å². The first kappa shape index (κ1) is 16.0. The maximum Gasteiger partial charge on any atom is 0.118 e. The molecule has 1 aromatic rings. The van der Waals surface area contributed by atoms with Gasteiger partial charge in [-0.15, -0.1) is 0 Å². The lowest BCUT2D eigenvalue weighted by Gasteiger charge is -2.31. The van der Waals surface area contributed by atoms with Crippen molar-refractivity contribution in [2.45, 2.75) is 39.3 Å². The summed E-state index contributed by atoms with van der Waals surface area (Å²) < 4.78 is 5.17. The van der Waals surface area contributed by atoms with Gasteiger partial charge in [-0.05, 0) is 37.6 Å². The molecule has 0 heterocycles. The molecule has 0 spiro atoms. The summed E-state index contributed by atoms with van der Waals surface area (Å²) in [7, 11) is 3.83. The molecule has 0 aliphatic heterocycles. The van der Waals surface area contributed by atoms with E-state index in [1.54, 1.807) is 7.11 Å². The zero-order valence-corrected chi connectivity index (χ0v) is 12.9. The molecule has 0 bridgehead atoms. The number of methoxy groups -OCH3 is 1. The van der Waals surface area contributed by atoms with Gasteiger partial charge in [-0.3, -0.25) is 0 Å². The summed E-state index contributed by atoms with van der Waals surface area (Å²) in [5.41, 5.74) is 7.52. The number of nitrogens with zero attached hydrogens (tertiary/aromatic N) is 1. The van der Waals surface area contributed by atoms with Crippen molar-refractivity contribution in [3.8, 4) is 5.75 Å². The van der Waals surface area contributed by atoms with Crippen LogP contribution in [0.3, 0.4) is 0 Å². The zero-order valence-electron chi connectivity index (χ0n) is 12.9. The number of benzene rings is 1. The molecule has 0 amide bonds. The summed E-state index contributed by atoms with van der Waals surface area (Å²) in [5, 5.41) is 0. The van der Waals surface area contributed by atoms with Crippen molar-refractivity contribution >= 4 is 0 Å². The highest BCUT2D eigenvalue weighted by Crippen LogP contribution is 2.21. The summed E-state index contributed by atoms with van der Waals surface area (Å²) in [6.07, 6.45) is 1.20. The highest BCUT2D eigenvalue weighted by molar-refractivity contribution is 5.29. The Hall–Kier alpha value is -1.06. The fraction of sp³-hybridized carbons (Fsp3) is 0.625. The van der Waals surface area contributed by atoms with E-state index in [-0.39, 0.29) is 6.04 Å². The van der Waals surface area contributed by atoms with Crippen LogP contribution in [-0.2, 0) is 0 Å². The molecular formula is C16H28N2O. The van der Waals surface area contributed by atoms with Gasteiger partial charge in [0.15, 0.2) is 0 Å². The van der Waals surface area contributed by atoms with Crippen molar-refractivity contribution in [3.05, 3.63) is 29.8 Å². The topological polar surface area (TPSA) is 38.5 Å². The normalized spacial score (nSPS) is 16.2. The average molecular weight is 264 g/mol. The third-order valence-electron chi connectivity index (χ3n) is 4.01. The molecule has 3 nitrogen and oxygen atoms in total. The Labute approximate surface area is 117 Å². The maximum atomic E-state index is 6.37. The lowest BCUT2D eigenvalue weighted by atomic mass is 9.99. The molecule has 0 saturated carbocycles. The van der Waals surface area contributed by atoms with Gasteiger partial charge in [0.2, 0.25) is 0 Å². The quantitative estimate of drug-likeness (QED) is 0.822. The van der Waals surface area contributed by atoms with E-state index in [4.69, 9.17) is 10.5 Å². The largest absolute Gasteiger partial charge is 0.497 e. The van der Waals surface area contributed by atoms with Crippen LogP contribution in [0.1, 0.15) is 38.8 Å². The standard InChI is InChI=1S/C16H28N2O/c1-6-12(2)11-18(4)13(3)16(17)14-7-9-15(19-5)10-8-14/h7-10,12-13,16H,6,11,17H2,1-5H3. The number of hydrogen-bond donors (Lipinski definition) is 1. The second-order valence-electron chi connectivity index (χ2n) is 5.49. The Morgan fingerprint density at radius 1 is 1.21 bits per heavy atom. The second-order valence-corrected chi connectivity index (χ2v) is 5.49. The van der Waals surface area contributed by atoms with E-state index in [1.165, 1.54) is 6.42 Å². The highest BCUT2D eigenvalue weighted by Gasteiger charge is 2.20. The smallest absolute Gasteiger partial charge is 0.118 e. The fourth-order valence-electron chi connectivity index (χ4n) is 2.17. The molecule has 3 unspecified atom stereocenters. The van der Waals surface area contributed by atoms with Gasteiger partial charge >= 0.3 is 0 Å².